The maximum Gasteiger partial charge on any atom is 0.242 e. The van der Waals surface area contributed by atoms with Gasteiger partial charge in [-0.15, -0.1) is 5.10 Å². The smallest absolute Gasteiger partial charge is 0.242 e. The van der Waals surface area contributed by atoms with Gasteiger partial charge < -0.3 is 15.8 Å². The Labute approximate surface area is 106 Å². The van der Waals surface area contributed by atoms with Crippen molar-refractivity contribution in [2.75, 3.05) is 6.61 Å². The van der Waals surface area contributed by atoms with Crippen LogP contribution in [-0.4, -0.2) is 39.7 Å². The molecule has 1 aliphatic rings. The molecule has 2 atom stereocenters. The van der Waals surface area contributed by atoms with Crippen LogP contribution in [0.15, 0.2) is 6.20 Å². The first-order valence-corrected chi connectivity index (χ1v) is 6.17. The molecule has 0 radical (unpaired) electrons. The second-order valence-electron chi connectivity index (χ2n) is 4.58. The fourth-order valence-corrected chi connectivity index (χ4v) is 2.06. The van der Waals surface area contributed by atoms with Crippen LogP contribution in [0.3, 0.4) is 0 Å². The highest BCUT2D eigenvalue weighted by molar-refractivity contribution is 5.75. The van der Waals surface area contributed by atoms with Crippen LogP contribution >= 0.6 is 0 Å². The normalized spacial score (nSPS) is 23.9. The largest absolute Gasteiger partial charge is 0.378 e. The minimum absolute atomic E-state index is 0.0532. The van der Waals surface area contributed by atoms with Crippen LogP contribution in [0.25, 0.3) is 0 Å². The number of nitrogens with one attached hydrogen (secondary N) is 1. The number of hydrogen-bond acceptors (Lipinski definition) is 5. The first-order chi connectivity index (χ1) is 8.67. The Hall–Kier alpha value is -1.47. The summed E-state index contributed by atoms with van der Waals surface area (Å²) in [6, 6.07) is 0.193. The van der Waals surface area contributed by atoms with E-state index in [0.717, 1.165) is 12.8 Å². The molecule has 100 valence electrons. The van der Waals surface area contributed by atoms with Crippen LogP contribution in [-0.2, 0) is 22.6 Å². The Morgan fingerprint density at radius 3 is 3.22 bits per heavy atom. The summed E-state index contributed by atoms with van der Waals surface area (Å²) in [6.45, 7) is 3.23. The predicted molar refractivity (Wildman–Crippen MR) is 64.5 cm³/mol. The number of carbonyl (C=O) groups is 1. The first kappa shape index (κ1) is 13.0. The Morgan fingerprint density at radius 1 is 1.72 bits per heavy atom. The maximum absolute atomic E-state index is 11.8. The Balaban J connectivity index is 1.81. The third kappa shape index (κ3) is 3.51. The van der Waals surface area contributed by atoms with Crippen LogP contribution in [0.1, 0.15) is 25.5 Å². The minimum atomic E-state index is -0.0532. The summed E-state index contributed by atoms with van der Waals surface area (Å²) in [6.07, 6.45) is 3.62. The Kier molecular flexibility index (Phi) is 4.27. The average molecular weight is 253 g/mol. The van der Waals surface area contributed by atoms with Crippen molar-refractivity contribution in [3.63, 3.8) is 0 Å². The van der Waals surface area contributed by atoms with Gasteiger partial charge in [0, 0.05) is 19.2 Å². The van der Waals surface area contributed by atoms with Gasteiger partial charge in [-0.05, 0) is 19.8 Å². The molecule has 1 aliphatic heterocycles. The molecule has 7 heteroatoms. The fourth-order valence-electron chi connectivity index (χ4n) is 2.06. The number of rotatable bonds is 4. The molecule has 0 bridgehead atoms. The lowest BCUT2D eigenvalue weighted by Crippen LogP contribution is -2.42. The van der Waals surface area contributed by atoms with Crippen molar-refractivity contribution in [3.05, 3.63) is 11.9 Å². The highest BCUT2D eigenvalue weighted by atomic mass is 16.5. The average Bonchev–Trinajstić information content (AvgIpc) is 2.76. The first-order valence-electron chi connectivity index (χ1n) is 6.17. The zero-order valence-corrected chi connectivity index (χ0v) is 10.5. The highest BCUT2D eigenvalue weighted by Crippen LogP contribution is 2.12. The second kappa shape index (κ2) is 5.92. The molecular weight excluding hydrogens is 234 g/mol. The van der Waals surface area contributed by atoms with Crippen LogP contribution in [0, 0.1) is 0 Å². The zero-order chi connectivity index (χ0) is 13.0. The molecule has 1 aromatic rings. The number of nitrogens with zero attached hydrogens (tertiary/aromatic N) is 3. The molecule has 1 saturated heterocycles. The van der Waals surface area contributed by atoms with Crippen molar-refractivity contribution in [1.82, 2.24) is 20.3 Å². The lowest BCUT2D eigenvalue weighted by molar-refractivity contribution is -0.123. The van der Waals surface area contributed by atoms with E-state index < -0.39 is 0 Å². The van der Waals surface area contributed by atoms with Crippen molar-refractivity contribution >= 4 is 5.91 Å². The molecule has 7 nitrogen and oxygen atoms in total. The van der Waals surface area contributed by atoms with E-state index in [1.807, 2.05) is 6.92 Å². The van der Waals surface area contributed by atoms with Crippen LogP contribution in [0.4, 0.5) is 0 Å². The molecular formula is C11H19N5O2. The van der Waals surface area contributed by atoms with Crippen molar-refractivity contribution < 1.29 is 9.53 Å². The zero-order valence-electron chi connectivity index (χ0n) is 10.5. The fraction of sp³-hybridized carbons (Fsp3) is 0.727. The van der Waals surface area contributed by atoms with Gasteiger partial charge in [0.25, 0.3) is 0 Å². The van der Waals surface area contributed by atoms with Gasteiger partial charge in [0.05, 0.1) is 18.0 Å². The number of amides is 1. The van der Waals surface area contributed by atoms with E-state index in [2.05, 4.69) is 15.6 Å². The van der Waals surface area contributed by atoms with E-state index in [0.29, 0.717) is 18.8 Å². The summed E-state index contributed by atoms with van der Waals surface area (Å²) in [5, 5.41) is 10.7. The monoisotopic (exact) mass is 253 g/mol. The van der Waals surface area contributed by atoms with Gasteiger partial charge in [-0.25, -0.2) is 4.68 Å². The van der Waals surface area contributed by atoms with Gasteiger partial charge in [0.1, 0.15) is 6.54 Å². The number of hydrogen-bond donors (Lipinski definition) is 2. The molecule has 1 aromatic heterocycles. The van der Waals surface area contributed by atoms with Crippen LogP contribution < -0.4 is 11.1 Å². The molecule has 1 fully saturated rings. The van der Waals surface area contributed by atoms with Crippen molar-refractivity contribution in [3.8, 4) is 0 Å². The standard InChI is InChI=1S/C11H19N5O2/c1-8-4-9(2-3-18-8)13-11(17)7-16-6-10(5-12)14-15-16/h6,8-9H,2-5,7,12H2,1H3,(H,13,17). The molecule has 2 unspecified atom stereocenters. The topological polar surface area (TPSA) is 95.1 Å². The third-order valence-corrected chi connectivity index (χ3v) is 2.95. The SMILES string of the molecule is CC1CC(NC(=O)Cn2cc(CN)nn2)CCO1. The van der Waals surface area contributed by atoms with Gasteiger partial charge >= 0.3 is 0 Å². The van der Waals surface area contributed by atoms with Gasteiger partial charge in [-0.3, -0.25) is 4.79 Å². The second-order valence-corrected chi connectivity index (χ2v) is 4.58. The van der Waals surface area contributed by atoms with E-state index in [1.165, 1.54) is 4.68 Å². The number of aromatic nitrogens is 3. The van der Waals surface area contributed by atoms with Crippen molar-refractivity contribution in [1.29, 1.82) is 0 Å². The molecule has 0 aliphatic carbocycles. The summed E-state index contributed by atoms with van der Waals surface area (Å²) in [5.74, 6) is -0.0532. The number of nitrogens with two attached hydrogens (primary N) is 1. The molecule has 1 amide bonds. The number of ether oxygens (including phenoxy) is 1. The molecule has 0 spiro atoms. The predicted octanol–water partition coefficient (Wildman–Crippen LogP) is -0.579. The summed E-state index contributed by atoms with van der Waals surface area (Å²) >= 11 is 0. The summed E-state index contributed by atoms with van der Waals surface area (Å²) in [4.78, 5) is 11.8. The molecule has 0 aromatic carbocycles. The van der Waals surface area contributed by atoms with Gasteiger partial charge in [0.2, 0.25) is 5.91 Å². The van der Waals surface area contributed by atoms with E-state index in [4.69, 9.17) is 10.5 Å². The van der Waals surface area contributed by atoms with Crippen LogP contribution in [0.5, 0.6) is 0 Å². The Bertz CT molecular complexity index is 406. The number of carbonyl (C=O) groups excluding carboxylic acids is 1. The maximum atomic E-state index is 11.8. The minimum Gasteiger partial charge on any atom is -0.378 e. The van der Waals surface area contributed by atoms with Gasteiger partial charge in [-0.1, -0.05) is 5.21 Å². The lowest BCUT2D eigenvalue weighted by Gasteiger charge is -2.27. The Morgan fingerprint density at radius 2 is 2.56 bits per heavy atom. The van der Waals surface area contributed by atoms with Crippen molar-refractivity contribution in [2.24, 2.45) is 5.73 Å². The molecule has 2 heterocycles. The molecule has 2 rings (SSSR count). The lowest BCUT2D eigenvalue weighted by atomic mass is 10.0. The quantitative estimate of drug-likeness (QED) is 0.748. The molecule has 18 heavy (non-hydrogen) atoms. The molecule has 3 N–H and O–H groups in total. The van der Waals surface area contributed by atoms with E-state index in [9.17, 15) is 4.79 Å². The third-order valence-electron chi connectivity index (χ3n) is 2.95. The van der Waals surface area contributed by atoms with Crippen LogP contribution in [0.2, 0.25) is 0 Å². The van der Waals surface area contributed by atoms with Crippen molar-refractivity contribution in [2.45, 2.75) is 45.0 Å². The highest BCUT2D eigenvalue weighted by Gasteiger charge is 2.20. The van der Waals surface area contributed by atoms with Gasteiger partial charge in [-0.2, -0.15) is 0 Å². The van der Waals surface area contributed by atoms with E-state index in [-0.39, 0.29) is 24.6 Å². The van der Waals surface area contributed by atoms with Gasteiger partial charge in [0.15, 0.2) is 0 Å². The van der Waals surface area contributed by atoms with E-state index >= 15 is 0 Å². The van der Waals surface area contributed by atoms with E-state index in [1.54, 1.807) is 6.20 Å². The molecule has 0 saturated carbocycles. The summed E-state index contributed by atoms with van der Waals surface area (Å²) in [5.41, 5.74) is 6.11. The summed E-state index contributed by atoms with van der Waals surface area (Å²) in [7, 11) is 0. The summed E-state index contributed by atoms with van der Waals surface area (Å²) < 4.78 is 6.93.